The van der Waals surface area contributed by atoms with Gasteiger partial charge in [-0.1, -0.05) is 32.9 Å². The normalized spacial score (nSPS) is 14.8. The average molecular weight is 375 g/mol. The van der Waals surface area contributed by atoms with Crippen molar-refractivity contribution in [3.63, 3.8) is 0 Å². The van der Waals surface area contributed by atoms with Gasteiger partial charge in [0.05, 0.1) is 16.6 Å². The van der Waals surface area contributed by atoms with Gasteiger partial charge in [-0.2, -0.15) is 5.26 Å². The zero-order valence-corrected chi connectivity index (χ0v) is 16.6. The summed E-state index contributed by atoms with van der Waals surface area (Å²) in [6.45, 7) is 8.94. The average Bonchev–Trinajstić information content (AvgIpc) is 3.11. The lowest BCUT2D eigenvalue weighted by atomic mass is 10.1. The number of imidazole rings is 1. The number of carbonyl (C=O) groups is 1. The number of aryl methyl sites for hydroxylation is 1. The number of rotatable bonds is 3. The molecule has 0 saturated carbocycles. The molecular formula is C22H25N5O. The number of amides is 1. The summed E-state index contributed by atoms with van der Waals surface area (Å²) in [4.78, 5) is 21.4. The van der Waals surface area contributed by atoms with Crippen LogP contribution in [0.5, 0.6) is 0 Å². The number of carbonyl (C=O) groups excluding carboxylic acids is 1. The minimum absolute atomic E-state index is 0.0254. The topological polar surface area (TPSA) is 64.6 Å². The van der Waals surface area contributed by atoms with E-state index < -0.39 is 0 Å². The van der Waals surface area contributed by atoms with Gasteiger partial charge in [-0.15, -0.1) is 0 Å². The van der Waals surface area contributed by atoms with Crippen LogP contribution >= 0.6 is 0 Å². The minimum Gasteiger partial charge on any atom is -0.354 e. The van der Waals surface area contributed by atoms with E-state index in [0.717, 1.165) is 47.6 Å². The molecule has 1 saturated heterocycles. The SMILES string of the molecule is CCc1cc(N2CCN(C(=O)C(C)C)CC2)n2c(nc3ccccc32)c1C#N. The largest absolute Gasteiger partial charge is 0.354 e. The minimum atomic E-state index is 0.0254. The second-order valence-electron chi connectivity index (χ2n) is 7.59. The van der Waals surface area contributed by atoms with Crippen molar-refractivity contribution in [1.29, 1.82) is 5.26 Å². The van der Waals surface area contributed by atoms with Crippen LogP contribution in [0.2, 0.25) is 0 Å². The van der Waals surface area contributed by atoms with Gasteiger partial charge in [0.15, 0.2) is 5.65 Å². The highest BCUT2D eigenvalue weighted by Crippen LogP contribution is 2.30. The number of fused-ring (bicyclic) bond motifs is 3. The number of piperazine rings is 1. The summed E-state index contributed by atoms with van der Waals surface area (Å²) in [5.41, 5.74) is 4.28. The van der Waals surface area contributed by atoms with Crippen LogP contribution in [0.1, 0.15) is 31.9 Å². The molecule has 1 aliphatic rings. The molecule has 0 bridgehead atoms. The first-order valence-corrected chi connectivity index (χ1v) is 9.92. The monoisotopic (exact) mass is 375 g/mol. The molecule has 1 amide bonds. The third-order valence-corrected chi connectivity index (χ3v) is 5.54. The van der Waals surface area contributed by atoms with E-state index in [0.29, 0.717) is 18.7 Å². The first kappa shape index (κ1) is 18.3. The standard InChI is InChI=1S/C22H25N5O/c1-4-16-13-20(25-9-11-26(12-10-25)22(28)15(2)3)27-19-8-6-5-7-18(19)24-21(27)17(16)14-23/h5-8,13,15H,4,9-12H2,1-3H3. The first-order chi connectivity index (χ1) is 13.5. The highest BCUT2D eigenvalue weighted by molar-refractivity contribution is 5.85. The number of pyridine rings is 1. The Hall–Kier alpha value is -3.07. The van der Waals surface area contributed by atoms with Crippen molar-refractivity contribution in [2.75, 3.05) is 31.1 Å². The number of benzene rings is 1. The first-order valence-electron chi connectivity index (χ1n) is 9.92. The molecule has 3 aromatic rings. The zero-order valence-electron chi connectivity index (χ0n) is 16.6. The Kier molecular flexibility index (Phi) is 4.68. The Labute approximate surface area is 165 Å². The summed E-state index contributed by atoms with van der Waals surface area (Å²) in [7, 11) is 0. The summed E-state index contributed by atoms with van der Waals surface area (Å²) in [6, 6.07) is 12.5. The lowest BCUT2D eigenvalue weighted by Gasteiger charge is -2.37. The highest BCUT2D eigenvalue weighted by Gasteiger charge is 2.26. The molecule has 6 nitrogen and oxygen atoms in total. The van der Waals surface area contributed by atoms with Crippen molar-refractivity contribution in [3.05, 3.63) is 41.5 Å². The van der Waals surface area contributed by atoms with E-state index in [1.54, 1.807) is 0 Å². The van der Waals surface area contributed by atoms with Crippen molar-refractivity contribution < 1.29 is 4.79 Å². The van der Waals surface area contributed by atoms with Crippen LogP contribution in [-0.4, -0.2) is 46.4 Å². The molecular weight excluding hydrogens is 350 g/mol. The molecule has 3 heterocycles. The van der Waals surface area contributed by atoms with Crippen LogP contribution in [-0.2, 0) is 11.2 Å². The second-order valence-corrected chi connectivity index (χ2v) is 7.59. The Bertz CT molecular complexity index is 1080. The summed E-state index contributed by atoms with van der Waals surface area (Å²) >= 11 is 0. The molecule has 1 aromatic carbocycles. The fraction of sp³-hybridized carbons (Fsp3) is 0.409. The fourth-order valence-corrected chi connectivity index (χ4v) is 4.02. The predicted molar refractivity (Wildman–Crippen MR) is 110 cm³/mol. The zero-order chi connectivity index (χ0) is 19.8. The Morgan fingerprint density at radius 3 is 2.57 bits per heavy atom. The summed E-state index contributed by atoms with van der Waals surface area (Å²) in [5.74, 6) is 1.29. The van der Waals surface area contributed by atoms with Crippen LogP contribution in [0.15, 0.2) is 30.3 Å². The predicted octanol–water partition coefficient (Wildman–Crippen LogP) is 3.23. The van der Waals surface area contributed by atoms with Gasteiger partial charge in [-0.05, 0) is 30.2 Å². The highest BCUT2D eigenvalue weighted by atomic mass is 16.2. The van der Waals surface area contributed by atoms with E-state index in [4.69, 9.17) is 4.98 Å². The Morgan fingerprint density at radius 1 is 1.21 bits per heavy atom. The van der Waals surface area contributed by atoms with E-state index in [9.17, 15) is 10.1 Å². The van der Waals surface area contributed by atoms with E-state index in [1.165, 1.54) is 0 Å². The van der Waals surface area contributed by atoms with Crippen molar-refractivity contribution in [3.8, 4) is 6.07 Å². The molecule has 0 N–H and O–H groups in total. The summed E-state index contributed by atoms with van der Waals surface area (Å²) in [6.07, 6.45) is 0.779. The lowest BCUT2D eigenvalue weighted by molar-refractivity contribution is -0.134. The maximum atomic E-state index is 12.3. The molecule has 0 atom stereocenters. The molecule has 0 aliphatic carbocycles. The number of nitrogens with zero attached hydrogens (tertiary/aromatic N) is 5. The fourth-order valence-electron chi connectivity index (χ4n) is 4.02. The number of para-hydroxylation sites is 2. The number of nitriles is 1. The van der Waals surface area contributed by atoms with Gasteiger partial charge >= 0.3 is 0 Å². The Morgan fingerprint density at radius 2 is 1.93 bits per heavy atom. The van der Waals surface area contributed by atoms with Gasteiger partial charge in [0.2, 0.25) is 5.91 Å². The van der Waals surface area contributed by atoms with Crippen molar-refractivity contribution in [1.82, 2.24) is 14.3 Å². The maximum Gasteiger partial charge on any atom is 0.225 e. The third kappa shape index (κ3) is 2.88. The third-order valence-electron chi connectivity index (χ3n) is 5.54. The lowest BCUT2D eigenvalue weighted by Crippen LogP contribution is -2.50. The van der Waals surface area contributed by atoms with Crippen molar-refractivity contribution in [2.24, 2.45) is 5.92 Å². The molecule has 0 radical (unpaired) electrons. The molecule has 144 valence electrons. The van der Waals surface area contributed by atoms with Crippen LogP contribution in [0.3, 0.4) is 0 Å². The molecule has 0 unspecified atom stereocenters. The molecule has 1 fully saturated rings. The molecule has 28 heavy (non-hydrogen) atoms. The maximum absolute atomic E-state index is 12.3. The number of hydrogen-bond donors (Lipinski definition) is 0. The van der Waals surface area contributed by atoms with Gasteiger partial charge in [0.25, 0.3) is 0 Å². The van der Waals surface area contributed by atoms with Crippen molar-refractivity contribution >= 4 is 28.4 Å². The number of hydrogen-bond acceptors (Lipinski definition) is 4. The van der Waals surface area contributed by atoms with Gasteiger partial charge in [-0.25, -0.2) is 4.98 Å². The van der Waals surface area contributed by atoms with Gasteiger partial charge in [0, 0.05) is 32.1 Å². The van der Waals surface area contributed by atoms with Crippen LogP contribution in [0.4, 0.5) is 5.82 Å². The van der Waals surface area contributed by atoms with Gasteiger partial charge in [-0.3, -0.25) is 9.20 Å². The summed E-state index contributed by atoms with van der Waals surface area (Å²) < 4.78 is 2.10. The smallest absolute Gasteiger partial charge is 0.225 e. The van der Waals surface area contributed by atoms with E-state index >= 15 is 0 Å². The molecule has 0 spiro atoms. The van der Waals surface area contributed by atoms with Gasteiger partial charge in [0.1, 0.15) is 11.9 Å². The number of aromatic nitrogens is 2. The van der Waals surface area contributed by atoms with E-state index in [-0.39, 0.29) is 11.8 Å². The quantitative estimate of drug-likeness (QED) is 0.705. The van der Waals surface area contributed by atoms with E-state index in [2.05, 4.69) is 28.4 Å². The van der Waals surface area contributed by atoms with Crippen molar-refractivity contribution in [2.45, 2.75) is 27.2 Å². The summed E-state index contributed by atoms with van der Waals surface area (Å²) in [5, 5.41) is 9.76. The second kappa shape index (κ2) is 7.16. The van der Waals surface area contributed by atoms with Gasteiger partial charge < -0.3 is 9.80 Å². The molecule has 1 aliphatic heterocycles. The van der Waals surface area contributed by atoms with Crippen LogP contribution < -0.4 is 4.90 Å². The molecule has 4 rings (SSSR count). The molecule has 2 aromatic heterocycles. The number of anilines is 1. The van der Waals surface area contributed by atoms with E-state index in [1.807, 2.05) is 43.0 Å². The van der Waals surface area contributed by atoms with Crippen LogP contribution in [0.25, 0.3) is 16.7 Å². The Balaban J connectivity index is 1.81. The molecule has 6 heteroatoms. The van der Waals surface area contributed by atoms with Crippen LogP contribution in [0, 0.1) is 17.2 Å².